The average Bonchev–Trinajstić information content (AvgIpc) is 3.35. The van der Waals surface area contributed by atoms with Crippen molar-refractivity contribution in [2.24, 2.45) is 5.73 Å². The van der Waals surface area contributed by atoms with Crippen molar-refractivity contribution in [3.63, 3.8) is 0 Å². The van der Waals surface area contributed by atoms with E-state index in [9.17, 15) is 44.3 Å². The summed E-state index contributed by atoms with van der Waals surface area (Å²) in [7, 11) is 0. The van der Waals surface area contributed by atoms with Crippen LogP contribution in [0, 0.1) is 5.82 Å². The van der Waals surface area contributed by atoms with Crippen LogP contribution < -0.4 is 21.6 Å². The maximum atomic E-state index is 14.8. The zero-order chi connectivity index (χ0) is 34.8. The fourth-order valence-electron chi connectivity index (χ4n) is 3.53. The summed E-state index contributed by atoms with van der Waals surface area (Å²) in [6, 6.07) is 9.02. The summed E-state index contributed by atoms with van der Waals surface area (Å²) in [5.41, 5.74) is 6.47. The van der Waals surface area contributed by atoms with Crippen LogP contribution in [0.25, 0.3) is 16.9 Å². The molecule has 3 aromatic rings. The van der Waals surface area contributed by atoms with E-state index in [0.29, 0.717) is 5.56 Å². The van der Waals surface area contributed by atoms with Gasteiger partial charge in [-0.3, -0.25) is 0 Å². The van der Waals surface area contributed by atoms with Crippen molar-refractivity contribution in [3.8, 4) is 16.9 Å². The number of pyridine rings is 1. The van der Waals surface area contributed by atoms with Gasteiger partial charge in [-0.1, -0.05) is 12.1 Å². The highest BCUT2D eigenvalue weighted by molar-refractivity contribution is 5.73. The largest absolute Gasteiger partial charge is 0.490 e. The van der Waals surface area contributed by atoms with Crippen molar-refractivity contribution in [2.75, 3.05) is 37.6 Å². The molecule has 46 heavy (non-hydrogen) atoms. The first-order valence-corrected chi connectivity index (χ1v) is 12.6. The summed E-state index contributed by atoms with van der Waals surface area (Å²) >= 11 is 0. The van der Waals surface area contributed by atoms with Gasteiger partial charge in [0.05, 0.1) is 6.54 Å². The Kier molecular flexibility index (Phi) is 12.9. The number of aromatic nitrogens is 4. The number of rotatable bonds is 6. The van der Waals surface area contributed by atoms with E-state index in [4.69, 9.17) is 25.5 Å². The molecule has 4 rings (SSSR count). The van der Waals surface area contributed by atoms with Crippen molar-refractivity contribution in [2.45, 2.75) is 18.9 Å². The zero-order valence-corrected chi connectivity index (χ0v) is 23.1. The smallest absolute Gasteiger partial charge is 0.475 e. The van der Waals surface area contributed by atoms with Crippen LogP contribution in [0.4, 0.5) is 45.2 Å². The third-order valence-electron chi connectivity index (χ3n) is 5.81. The molecule has 21 heteroatoms. The van der Waals surface area contributed by atoms with E-state index < -0.39 is 60.5 Å². The highest BCUT2D eigenvalue weighted by atomic mass is 19.4. The molecule has 12 nitrogen and oxygen atoms in total. The number of halogens is 9. The van der Waals surface area contributed by atoms with Crippen LogP contribution in [0.3, 0.4) is 0 Å². The Hall–Kier alpha value is -4.92. The third-order valence-corrected chi connectivity index (χ3v) is 5.81. The van der Waals surface area contributed by atoms with E-state index in [0.717, 1.165) is 53.0 Å². The first-order chi connectivity index (χ1) is 21.4. The Balaban J connectivity index is 0.000000440. The minimum Gasteiger partial charge on any atom is -0.475 e. The van der Waals surface area contributed by atoms with Gasteiger partial charge in [-0.05, 0) is 23.8 Å². The van der Waals surface area contributed by atoms with Gasteiger partial charge in [0, 0.05) is 55.7 Å². The van der Waals surface area contributed by atoms with Gasteiger partial charge in [-0.15, -0.1) is 0 Å². The molecule has 0 radical (unpaired) electrons. The molecule has 0 unspecified atom stereocenters. The predicted molar refractivity (Wildman–Crippen MR) is 142 cm³/mol. The highest BCUT2D eigenvalue weighted by Crippen LogP contribution is 2.25. The van der Waals surface area contributed by atoms with Gasteiger partial charge < -0.3 is 26.2 Å². The summed E-state index contributed by atoms with van der Waals surface area (Å²) in [4.78, 5) is 36.6. The lowest BCUT2D eigenvalue weighted by Crippen LogP contribution is -2.43. The summed E-state index contributed by atoms with van der Waals surface area (Å²) < 4.78 is 106. The molecule has 0 bridgehead atoms. The Morgan fingerprint density at radius 1 is 0.935 bits per heavy atom. The summed E-state index contributed by atoms with van der Waals surface area (Å²) in [6.45, 7) is 2.81. The second kappa shape index (κ2) is 15.9. The van der Waals surface area contributed by atoms with E-state index in [1.165, 1.54) is 12.3 Å². The molecule has 0 aliphatic carbocycles. The van der Waals surface area contributed by atoms with Crippen LogP contribution in [-0.2, 0) is 16.1 Å². The summed E-state index contributed by atoms with van der Waals surface area (Å²) in [5, 5.41) is 21.3. The molecule has 1 aliphatic rings. The van der Waals surface area contributed by atoms with Crippen LogP contribution in [0.2, 0.25) is 0 Å². The van der Waals surface area contributed by atoms with Gasteiger partial charge in [-0.25, -0.2) is 33.0 Å². The lowest BCUT2D eigenvalue weighted by molar-refractivity contribution is -0.193. The molecule has 1 aromatic carbocycles. The maximum absolute atomic E-state index is 14.8. The molecule has 2 aromatic heterocycles. The van der Waals surface area contributed by atoms with Gasteiger partial charge in [-0.2, -0.15) is 40.2 Å². The molecule has 3 heterocycles. The number of benzene rings is 1. The van der Waals surface area contributed by atoms with E-state index in [-0.39, 0.29) is 5.82 Å². The first-order valence-electron chi connectivity index (χ1n) is 12.6. The molecule has 0 spiro atoms. The normalized spacial score (nSPS) is 13.1. The summed E-state index contributed by atoms with van der Waals surface area (Å²) in [5.74, 6) is -6.51. The number of hydrogen-bond donors (Lipinski definition) is 4. The van der Waals surface area contributed by atoms with E-state index in [2.05, 4.69) is 20.3 Å². The van der Waals surface area contributed by atoms with Crippen LogP contribution in [-0.4, -0.2) is 86.6 Å². The molecule has 1 saturated heterocycles. The maximum Gasteiger partial charge on any atom is 0.490 e. The molecular weight excluding hydrogens is 649 g/mol. The minimum atomic E-state index is -5.08. The number of carboxylic acids is 2. The number of alkyl halides is 6. The quantitative estimate of drug-likeness (QED) is 0.286. The van der Waals surface area contributed by atoms with Gasteiger partial charge in [0.15, 0.2) is 11.6 Å². The molecule has 1 aliphatic heterocycles. The Morgan fingerprint density at radius 3 is 1.89 bits per heavy atom. The third kappa shape index (κ3) is 10.6. The monoisotopic (exact) mass is 673 g/mol. The second-order valence-corrected chi connectivity index (χ2v) is 8.93. The molecule has 252 valence electrons. The molecular formula is C25H24F9N7O5. The highest BCUT2D eigenvalue weighted by Gasteiger charge is 2.38. The number of piperazine rings is 1. The van der Waals surface area contributed by atoms with Gasteiger partial charge >= 0.3 is 30.0 Å². The molecule has 1 fully saturated rings. The number of hydrogen-bond acceptors (Lipinski definition) is 8. The number of nitrogens with two attached hydrogens (primary N) is 1. The molecule has 0 atom stereocenters. The van der Waals surface area contributed by atoms with Gasteiger partial charge in [0.2, 0.25) is 0 Å². The first kappa shape index (κ1) is 37.3. The van der Waals surface area contributed by atoms with Crippen molar-refractivity contribution in [3.05, 3.63) is 70.8 Å². The molecule has 0 amide bonds. The molecule has 5 N–H and O–H groups in total. The predicted octanol–water partition coefficient (Wildman–Crippen LogP) is 3.02. The van der Waals surface area contributed by atoms with Crippen LogP contribution in [0.15, 0.2) is 59.3 Å². The lowest BCUT2D eigenvalue weighted by Gasteiger charge is -2.29. The van der Waals surface area contributed by atoms with Crippen LogP contribution in [0.1, 0.15) is 0 Å². The van der Waals surface area contributed by atoms with Crippen molar-refractivity contribution in [1.82, 2.24) is 24.6 Å². The standard InChI is InChI=1S/C21H22F3N7O.2C2HF3O2/c22-18-9-15(14-1-3-17(4-2-14)29-7-5-26-6-8-29)11-27-20(18)30-13-28-31(21(30)32)12-16(10-25)19(23)24;2*3-2(4,5)1(6)7/h1-4,9,11,13,26H,5-8,10,12,25H2;2*(H,6,7). The lowest BCUT2D eigenvalue weighted by atomic mass is 10.1. The topological polar surface area (TPSA) is 169 Å². The average molecular weight is 673 g/mol. The Bertz CT molecular complexity index is 1550. The fourth-order valence-corrected chi connectivity index (χ4v) is 3.53. The van der Waals surface area contributed by atoms with Gasteiger partial charge in [0.25, 0.3) is 6.08 Å². The van der Waals surface area contributed by atoms with Crippen molar-refractivity contribution >= 4 is 17.6 Å². The SMILES string of the molecule is NCC(Cn1ncn(-c2ncc(-c3ccc(N4CCNCC4)cc3)cc2F)c1=O)=C(F)F.O=C(O)C(F)(F)F.O=C(O)C(F)(F)F. The Labute approximate surface area is 252 Å². The zero-order valence-electron chi connectivity index (χ0n) is 23.1. The molecule has 0 saturated carbocycles. The number of carboxylic acid groups (broad SMARTS) is 2. The number of aliphatic carboxylic acids is 2. The van der Waals surface area contributed by atoms with Crippen LogP contribution >= 0.6 is 0 Å². The van der Waals surface area contributed by atoms with Crippen molar-refractivity contribution in [1.29, 1.82) is 0 Å². The van der Waals surface area contributed by atoms with E-state index in [1.807, 2.05) is 24.3 Å². The number of nitrogens with one attached hydrogen (secondary N) is 1. The summed E-state index contributed by atoms with van der Waals surface area (Å²) in [6.07, 6.45) is -9.64. The van der Waals surface area contributed by atoms with E-state index in [1.54, 1.807) is 0 Å². The van der Waals surface area contributed by atoms with E-state index >= 15 is 0 Å². The fraction of sp³-hybridized carbons (Fsp3) is 0.320. The number of nitrogens with zero attached hydrogens (tertiary/aromatic N) is 5. The Morgan fingerprint density at radius 2 is 1.46 bits per heavy atom. The van der Waals surface area contributed by atoms with Gasteiger partial charge in [0.1, 0.15) is 6.33 Å². The van der Waals surface area contributed by atoms with Crippen molar-refractivity contribution < 1.29 is 59.3 Å². The minimum absolute atomic E-state index is 0.263. The van der Waals surface area contributed by atoms with Crippen LogP contribution in [0.5, 0.6) is 0 Å². The number of anilines is 1. The number of carbonyl (C=O) groups is 2. The second-order valence-electron chi connectivity index (χ2n) is 8.93.